The topological polar surface area (TPSA) is 68.3 Å². The minimum atomic E-state index is -0.400. The van der Waals surface area contributed by atoms with Gasteiger partial charge in [-0.05, 0) is 43.7 Å². The number of benzene rings is 1. The van der Waals surface area contributed by atoms with Crippen molar-refractivity contribution in [1.29, 1.82) is 0 Å². The van der Waals surface area contributed by atoms with Crippen LogP contribution in [0.3, 0.4) is 0 Å². The van der Waals surface area contributed by atoms with Crippen LogP contribution in [0.1, 0.15) is 31.1 Å². The van der Waals surface area contributed by atoms with E-state index in [0.717, 1.165) is 30.0 Å². The number of nitrogens with zero attached hydrogens (tertiary/aromatic N) is 1. The summed E-state index contributed by atoms with van der Waals surface area (Å²) < 4.78 is 5.88. The van der Waals surface area contributed by atoms with E-state index in [2.05, 4.69) is 5.32 Å². The van der Waals surface area contributed by atoms with E-state index in [-0.39, 0.29) is 11.7 Å². The predicted molar refractivity (Wildman–Crippen MR) is 75.4 cm³/mol. The van der Waals surface area contributed by atoms with Gasteiger partial charge in [0.15, 0.2) is 0 Å². The molecule has 2 aromatic rings. The average Bonchev–Trinajstić information content (AvgIpc) is 2.98. The van der Waals surface area contributed by atoms with Gasteiger partial charge in [0.25, 0.3) is 5.69 Å². The normalized spacial score (nSPS) is 18.9. The molecular weight excluding hydrogens is 256 g/mol. The first-order chi connectivity index (χ1) is 9.74. The SMILES string of the molecule is O=[N+]([O-])c1ccc(-c2ccc([C@@H]3CCCCN3)o2)cc1. The van der Waals surface area contributed by atoms with Crippen LogP contribution in [-0.4, -0.2) is 11.5 Å². The summed E-state index contributed by atoms with van der Waals surface area (Å²) in [6.45, 7) is 1.03. The molecule has 3 rings (SSSR count). The molecule has 2 heterocycles. The van der Waals surface area contributed by atoms with Crippen LogP contribution < -0.4 is 5.32 Å². The monoisotopic (exact) mass is 272 g/mol. The van der Waals surface area contributed by atoms with Crippen molar-refractivity contribution in [2.24, 2.45) is 0 Å². The van der Waals surface area contributed by atoms with Crippen LogP contribution in [0.15, 0.2) is 40.8 Å². The lowest BCUT2D eigenvalue weighted by atomic mass is 10.0. The number of furan rings is 1. The predicted octanol–water partition coefficient (Wildman–Crippen LogP) is 3.67. The van der Waals surface area contributed by atoms with Crippen molar-refractivity contribution < 1.29 is 9.34 Å². The molecule has 1 fully saturated rings. The number of hydrogen-bond donors (Lipinski definition) is 1. The molecule has 1 N–H and O–H groups in total. The van der Waals surface area contributed by atoms with Crippen LogP contribution in [-0.2, 0) is 0 Å². The number of nitro benzene ring substituents is 1. The van der Waals surface area contributed by atoms with E-state index in [0.29, 0.717) is 0 Å². The molecule has 0 bridgehead atoms. The minimum absolute atomic E-state index is 0.0921. The molecule has 0 saturated carbocycles. The Labute approximate surface area is 116 Å². The van der Waals surface area contributed by atoms with Gasteiger partial charge >= 0.3 is 0 Å². The van der Waals surface area contributed by atoms with Crippen molar-refractivity contribution in [3.05, 3.63) is 52.3 Å². The molecule has 1 aliphatic heterocycles. The maximum atomic E-state index is 10.6. The fourth-order valence-corrected chi connectivity index (χ4v) is 2.54. The Morgan fingerprint density at radius 3 is 2.60 bits per heavy atom. The van der Waals surface area contributed by atoms with Crippen molar-refractivity contribution in [3.8, 4) is 11.3 Å². The summed E-state index contributed by atoms with van der Waals surface area (Å²) in [5.74, 6) is 1.69. The third-order valence-electron chi connectivity index (χ3n) is 3.64. The second kappa shape index (κ2) is 5.46. The molecule has 0 aliphatic carbocycles. The van der Waals surface area contributed by atoms with Crippen LogP contribution in [0.2, 0.25) is 0 Å². The largest absolute Gasteiger partial charge is 0.459 e. The van der Waals surface area contributed by atoms with Crippen molar-refractivity contribution in [1.82, 2.24) is 5.32 Å². The highest BCUT2D eigenvalue weighted by Gasteiger charge is 2.18. The van der Waals surface area contributed by atoms with Crippen molar-refractivity contribution >= 4 is 5.69 Å². The Kier molecular flexibility index (Phi) is 3.52. The lowest BCUT2D eigenvalue weighted by molar-refractivity contribution is -0.384. The molecule has 1 aromatic heterocycles. The highest BCUT2D eigenvalue weighted by Crippen LogP contribution is 2.29. The molecule has 0 amide bonds. The van der Waals surface area contributed by atoms with E-state index in [1.807, 2.05) is 12.1 Å². The van der Waals surface area contributed by atoms with E-state index < -0.39 is 4.92 Å². The molecule has 0 unspecified atom stereocenters. The molecule has 1 atom stereocenters. The fourth-order valence-electron chi connectivity index (χ4n) is 2.54. The quantitative estimate of drug-likeness (QED) is 0.683. The van der Waals surface area contributed by atoms with Crippen molar-refractivity contribution in [2.75, 3.05) is 6.54 Å². The maximum absolute atomic E-state index is 10.6. The molecule has 104 valence electrons. The number of non-ortho nitro benzene ring substituents is 1. The lowest BCUT2D eigenvalue weighted by Crippen LogP contribution is -2.26. The second-order valence-electron chi connectivity index (χ2n) is 5.01. The van der Waals surface area contributed by atoms with Crippen LogP contribution in [0.5, 0.6) is 0 Å². The molecule has 20 heavy (non-hydrogen) atoms. The molecule has 1 aliphatic rings. The summed E-state index contributed by atoms with van der Waals surface area (Å²) in [4.78, 5) is 10.2. The number of nitro groups is 1. The Bertz CT molecular complexity index is 598. The van der Waals surface area contributed by atoms with E-state index in [4.69, 9.17) is 4.42 Å². The lowest BCUT2D eigenvalue weighted by Gasteiger charge is -2.21. The first-order valence-electron chi connectivity index (χ1n) is 6.82. The van der Waals surface area contributed by atoms with Gasteiger partial charge in [-0.25, -0.2) is 0 Å². The van der Waals surface area contributed by atoms with Crippen molar-refractivity contribution in [2.45, 2.75) is 25.3 Å². The third kappa shape index (κ3) is 2.58. The summed E-state index contributed by atoms with van der Waals surface area (Å²) in [7, 11) is 0. The van der Waals surface area contributed by atoms with E-state index in [1.54, 1.807) is 12.1 Å². The summed E-state index contributed by atoms with van der Waals surface area (Å²) in [6.07, 6.45) is 3.52. The van der Waals surface area contributed by atoms with Crippen LogP contribution in [0.4, 0.5) is 5.69 Å². The van der Waals surface area contributed by atoms with Gasteiger partial charge in [0.2, 0.25) is 0 Å². The van der Waals surface area contributed by atoms with Gasteiger partial charge in [-0.3, -0.25) is 10.1 Å². The third-order valence-corrected chi connectivity index (χ3v) is 3.64. The summed E-state index contributed by atoms with van der Waals surface area (Å²) in [5, 5.41) is 14.1. The molecule has 5 heteroatoms. The van der Waals surface area contributed by atoms with Gasteiger partial charge in [0.05, 0.1) is 11.0 Å². The zero-order valence-electron chi connectivity index (χ0n) is 11.0. The van der Waals surface area contributed by atoms with Crippen LogP contribution >= 0.6 is 0 Å². The molecular formula is C15H16N2O3. The Hall–Kier alpha value is -2.14. The average molecular weight is 272 g/mol. The highest BCUT2D eigenvalue weighted by atomic mass is 16.6. The van der Waals surface area contributed by atoms with Crippen LogP contribution in [0, 0.1) is 10.1 Å². The molecule has 1 saturated heterocycles. The van der Waals surface area contributed by atoms with Gasteiger partial charge in [-0.15, -0.1) is 0 Å². The molecule has 0 radical (unpaired) electrons. The van der Waals surface area contributed by atoms with Gasteiger partial charge < -0.3 is 9.73 Å². The van der Waals surface area contributed by atoms with E-state index >= 15 is 0 Å². The van der Waals surface area contributed by atoms with Gasteiger partial charge in [0.1, 0.15) is 11.5 Å². The standard InChI is InChI=1S/C15H16N2O3/c18-17(19)12-6-4-11(5-7-12)14-8-9-15(20-14)13-3-1-2-10-16-13/h4-9,13,16H,1-3,10H2/t13-/m0/s1. The van der Waals surface area contributed by atoms with E-state index in [1.165, 1.54) is 25.0 Å². The molecule has 1 aromatic carbocycles. The fraction of sp³-hybridized carbons (Fsp3) is 0.333. The Morgan fingerprint density at radius 2 is 1.95 bits per heavy atom. The van der Waals surface area contributed by atoms with Crippen LogP contribution in [0.25, 0.3) is 11.3 Å². The molecule has 5 nitrogen and oxygen atoms in total. The molecule has 0 spiro atoms. The summed E-state index contributed by atoms with van der Waals surface area (Å²) in [6, 6.07) is 10.6. The second-order valence-corrected chi connectivity index (χ2v) is 5.01. The van der Waals surface area contributed by atoms with Crippen molar-refractivity contribution in [3.63, 3.8) is 0 Å². The van der Waals surface area contributed by atoms with Gasteiger partial charge in [0, 0.05) is 17.7 Å². The highest BCUT2D eigenvalue weighted by molar-refractivity contribution is 5.59. The number of piperidine rings is 1. The Morgan fingerprint density at radius 1 is 1.15 bits per heavy atom. The first-order valence-corrected chi connectivity index (χ1v) is 6.82. The Balaban J connectivity index is 1.80. The zero-order valence-corrected chi connectivity index (χ0v) is 11.0. The van der Waals surface area contributed by atoms with Gasteiger partial charge in [-0.2, -0.15) is 0 Å². The number of rotatable bonds is 3. The zero-order chi connectivity index (χ0) is 13.9. The minimum Gasteiger partial charge on any atom is -0.459 e. The summed E-state index contributed by atoms with van der Waals surface area (Å²) >= 11 is 0. The number of hydrogen-bond acceptors (Lipinski definition) is 4. The number of nitrogens with one attached hydrogen (secondary N) is 1. The summed E-state index contributed by atoms with van der Waals surface area (Å²) in [5.41, 5.74) is 0.951. The smallest absolute Gasteiger partial charge is 0.269 e. The van der Waals surface area contributed by atoms with Gasteiger partial charge in [-0.1, -0.05) is 6.42 Å². The first kappa shape index (κ1) is 12.9. The maximum Gasteiger partial charge on any atom is 0.269 e. The van der Waals surface area contributed by atoms with E-state index in [9.17, 15) is 10.1 Å².